The number of halogens is 1. The standard InChI is InChI=1S/C22H22ClN5O2S/c23-16-3-1-15(2-4-16)18-5-6-19(25-18)21(29)28-13-17(14-28)26-8-10-27(11-9-26)22(30)20-24-7-12-31-20/h1-7,12,17,25H,8-11,13-14H2. The lowest BCUT2D eigenvalue weighted by molar-refractivity contribution is 0.00827. The van der Waals surface area contributed by atoms with Gasteiger partial charge in [-0.25, -0.2) is 4.98 Å². The molecule has 2 aromatic heterocycles. The van der Waals surface area contributed by atoms with E-state index in [0.717, 1.165) is 24.3 Å². The van der Waals surface area contributed by atoms with E-state index in [2.05, 4.69) is 14.9 Å². The van der Waals surface area contributed by atoms with Crippen LogP contribution in [0.5, 0.6) is 0 Å². The maximum Gasteiger partial charge on any atom is 0.282 e. The molecule has 7 nitrogen and oxygen atoms in total. The van der Waals surface area contributed by atoms with Crippen LogP contribution in [-0.4, -0.2) is 81.8 Å². The van der Waals surface area contributed by atoms with Gasteiger partial charge in [0.15, 0.2) is 5.01 Å². The second-order valence-electron chi connectivity index (χ2n) is 7.82. The SMILES string of the molecule is O=C(c1ccc(-c2ccc(Cl)cc2)[nH]1)N1CC(N2CCN(C(=O)c3nccs3)CC2)C1. The van der Waals surface area contributed by atoms with Crippen molar-refractivity contribution in [2.75, 3.05) is 39.3 Å². The van der Waals surface area contributed by atoms with E-state index in [1.807, 2.05) is 51.6 Å². The molecule has 31 heavy (non-hydrogen) atoms. The number of piperazine rings is 1. The van der Waals surface area contributed by atoms with Gasteiger partial charge >= 0.3 is 0 Å². The molecule has 2 aliphatic rings. The van der Waals surface area contributed by atoms with Crippen molar-refractivity contribution in [3.05, 3.63) is 63.7 Å². The van der Waals surface area contributed by atoms with E-state index in [9.17, 15) is 9.59 Å². The van der Waals surface area contributed by atoms with Gasteiger partial charge in [-0.05, 0) is 29.8 Å². The van der Waals surface area contributed by atoms with Crippen LogP contribution in [0.15, 0.2) is 48.0 Å². The number of hydrogen-bond donors (Lipinski definition) is 1. The second kappa shape index (κ2) is 8.45. The summed E-state index contributed by atoms with van der Waals surface area (Å²) in [5.41, 5.74) is 2.50. The molecule has 2 fully saturated rings. The summed E-state index contributed by atoms with van der Waals surface area (Å²) in [6.45, 7) is 4.48. The number of aromatic amines is 1. The molecule has 5 rings (SSSR count). The molecule has 4 heterocycles. The number of amides is 2. The molecule has 9 heteroatoms. The van der Waals surface area contributed by atoms with Gasteiger partial charge in [0.05, 0.1) is 0 Å². The quantitative estimate of drug-likeness (QED) is 0.656. The Labute approximate surface area is 189 Å². The number of carbonyl (C=O) groups excluding carboxylic acids is 2. The van der Waals surface area contributed by atoms with Crippen molar-refractivity contribution < 1.29 is 9.59 Å². The lowest BCUT2D eigenvalue weighted by Crippen LogP contribution is -2.64. The van der Waals surface area contributed by atoms with E-state index in [1.54, 1.807) is 6.20 Å². The molecule has 0 unspecified atom stereocenters. The van der Waals surface area contributed by atoms with E-state index in [1.165, 1.54) is 11.3 Å². The number of hydrogen-bond acceptors (Lipinski definition) is 5. The average molecular weight is 456 g/mol. The molecule has 0 aliphatic carbocycles. The monoisotopic (exact) mass is 455 g/mol. The normalized spacial score (nSPS) is 17.6. The van der Waals surface area contributed by atoms with E-state index < -0.39 is 0 Å². The second-order valence-corrected chi connectivity index (χ2v) is 9.15. The van der Waals surface area contributed by atoms with Gasteiger partial charge in [-0.2, -0.15) is 0 Å². The number of carbonyl (C=O) groups is 2. The predicted octanol–water partition coefficient (Wildman–Crippen LogP) is 3.07. The highest BCUT2D eigenvalue weighted by Crippen LogP contribution is 2.24. The fraction of sp³-hybridized carbons (Fsp3) is 0.318. The Hall–Kier alpha value is -2.68. The van der Waals surface area contributed by atoms with Crippen LogP contribution >= 0.6 is 22.9 Å². The number of likely N-dealkylation sites (tertiary alicyclic amines) is 1. The highest BCUT2D eigenvalue weighted by atomic mass is 35.5. The average Bonchev–Trinajstić information content (AvgIpc) is 3.46. The topological polar surface area (TPSA) is 72.5 Å². The fourth-order valence-corrected chi connectivity index (χ4v) is 4.82. The van der Waals surface area contributed by atoms with Crippen LogP contribution in [0.4, 0.5) is 0 Å². The molecular formula is C22H22ClN5O2S. The van der Waals surface area contributed by atoms with Crippen LogP contribution < -0.4 is 0 Å². The third-order valence-electron chi connectivity index (χ3n) is 5.95. The largest absolute Gasteiger partial charge is 0.351 e. The molecule has 0 spiro atoms. The minimum absolute atomic E-state index is 0.0169. The minimum atomic E-state index is 0.0169. The first-order chi connectivity index (χ1) is 15.1. The number of rotatable bonds is 4. The zero-order chi connectivity index (χ0) is 21.4. The first kappa shape index (κ1) is 20.2. The van der Waals surface area contributed by atoms with Crippen LogP contribution in [0.3, 0.4) is 0 Å². The zero-order valence-electron chi connectivity index (χ0n) is 16.8. The molecular weight excluding hydrogens is 434 g/mol. The Kier molecular flexibility index (Phi) is 5.52. The Morgan fingerprint density at radius 3 is 2.39 bits per heavy atom. The molecule has 3 aromatic rings. The fourth-order valence-electron chi connectivity index (χ4n) is 4.09. The van der Waals surface area contributed by atoms with E-state index in [0.29, 0.717) is 47.9 Å². The molecule has 160 valence electrons. The molecule has 0 atom stereocenters. The van der Waals surface area contributed by atoms with Crippen LogP contribution in [0.25, 0.3) is 11.3 Å². The molecule has 2 saturated heterocycles. The summed E-state index contributed by atoms with van der Waals surface area (Å²) in [5, 5.41) is 3.07. The van der Waals surface area contributed by atoms with Crippen molar-refractivity contribution in [2.24, 2.45) is 0 Å². The highest BCUT2D eigenvalue weighted by molar-refractivity contribution is 7.11. The summed E-state index contributed by atoms with van der Waals surface area (Å²) in [7, 11) is 0. The number of thiazole rings is 1. The highest BCUT2D eigenvalue weighted by Gasteiger charge is 2.37. The molecule has 2 aliphatic heterocycles. The van der Waals surface area contributed by atoms with Gasteiger partial charge in [0.1, 0.15) is 5.69 Å². The molecule has 1 aromatic carbocycles. The van der Waals surface area contributed by atoms with Crippen molar-refractivity contribution in [3.63, 3.8) is 0 Å². The van der Waals surface area contributed by atoms with Crippen molar-refractivity contribution >= 4 is 34.8 Å². The van der Waals surface area contributed by atoms with Crippen molar-refractivity contribution in [2.45, 2.75) is 6.04 Å². The Bertz CT molecular complexity index is 1070. The summed E-state index contributed by atoms with van der Waals surface area (Å²) in [5.74, 6) is 0.0392. The maximum absolute atomic E-state index is 12.8. The van der Waals surface area contributed by atoms with Gasteiger partial charge in [0.2, 0.25) is 0 Å². The van der Waals surface area contributed by atoms with E-state index >= 15 is 0 Å². The van der Waals surface area contributed by atoms with Crippen molar-refractivity contribution in [3.8, 4) is 11.3 Å². The van der Waals surface area contributed by atoms with Crippen molar-refractivity contribution in [1.29, 1.82) is 0 Å². The lowest BCUT2D eigenvalue weighted by atomic mass is 10.1. The first-order valence-electron chi connectivity index (χ1n) is 10.3. The number of nitrogens with one attached hydrogen (secondary N) is 1. The number of benzene rings is 1. The third-order valence-corrected chi connectivity index (χ3v) is 6.97. The molecule has 1 N–H and O–H groups in total. The summed E-state index contributed by atoms with van der Waals surface area (Å²) < 4.78 is 0. The Morgan fingerprint density at radius 2 is 1.71 bits per heavy atom. The predicted molar refractivity (Wildman–Crippen MR) is 121 cm³/mol. The van der Waals surface area contributed by atoms with Gasteiger partial charge in [-0.15, -0.1) is 11.3 Å². The summed E-state index contributed by atoms with van der Waals surface area (Å²) in [6, 6.07) is 11.6. The third kappa shape index (κ3) is 4.11. The van der Waals surface area contributed by atoms with Crippen molar-refractivity contribution in [1.82, 2.24) is 24.7 Å². The summed E-state index contributed by atoms with van der Waals surface area (Å²) in [4.78, 5) is 38.7. The number of nitrogens with zero attached hydrogens (tertiary/aromatic N) is 4. The van der Waals surface area contributed by atoms with E-state index in [4.69, 9.17) is 11.6 Å². The van der Waals surface area contributed by atoms with E-state index in [-0.39, 0.29) is 11.8 Å². The van der Waals surface area contributed by atoms with Crippen LogP contribution in [0, 0.1) is 0 Å². The van der Waals surface area contributed by atoms with Gasteiger partial charge < -0.3 is 14.8 Å². The molecule has 2 amide bonds. The first-order valence-corrected chi connectivity index (χ1v) is 11.5. The minimum Gasteiger partial charge on any atom is -0.351 e. The molecule has 0 radical (unpaired) electrons. The van der Waals surface area contributed by atoms with Gasteiger partial charge in [-0.3, -0.25) is 14.5 Å². The smallest absolute Gasteiger partial charge is 0.282 e. The molecule has 0 bridgehead atoms. The summed E-state index contributed by atoms with van der Waals surface area (Å²) >= 11 is 7.33. The van der Waals surface area contributed by atoms with Crippen LogP contribution in [0.1, 0.15) is 20.3 Å². The maximum atomic E-state index is 12.8. The van der Waals surface area contributed by atoms with Crippen LogP contribution in [-0.2, 0) is 0 Å². The molecule has 0 saturated carbocycles. The van der Waals surface area contributed by atoms with Gasteiger partial charge in [0, 0.05) is 67.6 Å². The van der Waals surface area contributed by atoms with Gasteiger partial charge in [0.25, 0.3) is 11.8 Å². The number of aromatic nitrogens is 2. The lowest BCUT2D eigenvalue weighted by Gasteiger charge is -2.47. The van der Waals surface area contributed by atoms with Crippen LogP contribution in [0.2, 0.25) is 5.02 Å². The Morgan fingerprint density at radius 1 is 0.968 bits per heavy atom. The zero-order valence-corrected chi connectivity index (χ0v) is 18.4. The Balaban J connectivity index is 1.12. The summed E-state index contributed by atoms with van der Waals surface area (Å²) in [6.07, 6.45) is 1.66. The van der Waals surface area contributed by atoms with Gasteiger partial charge in [-0.1, -0.05) is 23.7 Å². The number of H-pyrrole nitrogens is 1.